The molecule has 8 heteroatoms. The van der Waals surface area contributed by atoms with Gasteiger partial charge in [-0.1, -0.05) is 19.6 Å². The molecule has 0 unspecified atom stereocenters. The van der Waals surface area contributed by atoms with Crippen molar-refractivity contribution in [2.75, 3.05) is 6.61 Å². The second kappa shape index (κ2) is 9.08. The molecule has 0 saturated carbocycles. The summed E-state index contributed by atoms with van der Waals surface area (Å²) in [7, 11) is -1.14. The number of aliphatic hydroxyl groups excluding tert-OH is 1. The molecule has 3 heterocycles. The minimum atomic E-state index is -1.14. The third kappa shape index (κ3) is 5.57. The van der Waals surface area contributed by atoms with Gasteiger partial charge in [-0.15, -0.1) is 11.3 Å². The first-order valence-corrected chi connectivity index (χ1v) is 14.0. The van der Waals surface area contributed by atoms with Crippen molar-refractivity contribution < 1.29 is 9.84 Å². The maximum atomic E-state index is 10.8. The van der Waals surface area contributed by atoms with E-state index in [1.54, 1.807) is 17.9 Å². The van der Waals surface area contributed by atoms with Crippen LogP contribution in [0, 0.1) is 6.92 Å². The minimum absolute atomic E-state index is 0.387. The molecule has 0 saturated heterocycles. The summed E-state index contributed by atoms with van der Waals surface area (Å²) in [5, 5.41) is 10.8. The summed E-state index contributed by atoms with van der Waals surface area (Å²) in [6.07, 6.45) is 7.21. The van der Waals surface area contributed by atoms with Crippen LogP contribution in [0.2, 0.25) is 25.7 Å². The lowest BCUT2D eigenvalue weighted by Crippen LogP contribution is -2.22. The molecule has 3 aromatic rings. The lowest BCUT2D eigenvalue weighted by molar-refractivity contribution is 0.0788. The largest absolute Gasteiger partial charge is 0.379 e. The van der Waals surface area contributed by atoms with Gasteiger partial charge >= 0.3 is 0 Å². The number of pyridine rings is 1. The van der Waals surface area contributed by atoms with Crippen molar-refractivity contribution in [2.45, 2.75) is 51.9 Å². The van der Waals surface area contributed by atoms with Crippen LogP contribution in [0.15, 0.2) is 36.4 Å². The Balaban J connectivity index is 1.79. The molecule has 0 bridgehead atoms. The molecule has 0 aliphatic rings. The van der Waals surface area contributed by atoms with Crippen molar-refractivity contribution in [2.24, 2.45) is 0 Å². The molecule has 28 heavy (non-hydrogen) atoms. The molecular weight excluding hydrogens is 388 g/mol. The fourth-order valence-electron chi connectivity index (χ4n) is 2.82. The van der Waals surface area contributed by atoms with Crippen LogP contribution in [0.1, 0.15) is 33.6 Å². The molecular formula is C20H28N4O2SSi. The van der Waals surface area contributed by atoms with Crippen LogP contribution in [-0.2, 0) is 17.9 Å². The molecule has 3 rings (SSSR count). The molecule has 0 fully saturated rings. The van der Waals surface area contributed by atoms with E-state index in [9.17, 15) is 5.11 Å². The van der Waals surface area contributed by atoms with Crippen molar-refractivity contribution in [3.05, 3.63) is 63.9 Å². The van der Waals surface area contributed by atoms with Gasteiger partial charge in [-0.2, -0.15) is 0 Å². The Morgan fingerprint density at radius 2 is 2.07 bits per heavy atom. The van der Waals surface area contributed by atoms with Crippen molar-refractivity contribution in [1.82, 2.24) is 19.5 Å². The molecule has 1 atom stereocenters. The zero-order chi connectivity index (χ0) is 20.1. The number of aromatic nitrogens is 4. The Morgan fingerprint density at radius 3 is 2.75 bits per heavy atom. The molecule has 0 radical (unpaired) electrons. The zero-order valence-corrected chi connectivity index (χ0v) is 18.7. The van der Waals surface area contributed by atoms with E-state index < -0.39 is 14.2 Å². The Bertz CT molecular complexity index is 890. The highest BCUT2D eigenvalue weighted by atomic mass is 32.1. The normalized spacial score (nSPS) is 13.0. The minimum Gasteiger partial charge on any atom is -0.379 e. The summed E-state index contributed by atoms with van der Waals surface area (Å²) >= 11 is 1.42. The first-order valence-electron chi connectivity index (χ1n) is 9.43. The monoisotopic (exact) mass is 416 g/mol. The maximum absolute atomic E-state index is 10.8. The van der Waals surface area contributed by atoms with Gasteiger partial charge in [-0.3, -0.25) is 9.97 Å². The zero-order valence-electron chi connectivity index (χ0n) is 16.9. The molecule has 6 nitrogen and oxygen atoms in total. The average molecular weight is 417 g/mol. The fourth-order valence-corrected chi connectivity index (χ4v) is 4.17. The molecule has 0 spiro atoms. The molecule has 1 N–H and O–H groups in total. The number of hydrogen-bond donors (Lipinski definition) is 1. The molecule has 0 aromatic carbocycles. The van der Waals surface area contributed by atoms with E-state index in [-0.39, 0.29) is 0 Å². The average Bonchev–Trinajstić information content (AvgIpc) is 3.29. The lowest BCUT2D eigenvalue weighted by Gasteiger charge is -2.16. The topological polar surface area (TPSA) is 73.1 Å². The first kappa shape index (κ1) is 20.9. The van der Waals surface area contributed by atoms with Crippen LogP contribution < -0.4 is 0 Å². The van der Waals surface area contributed by atoms with Crippen molar-refractivity contribution in [3.63, 3.8) is 0 Å². The molecule has 0 amide bonds. The summed E-state index contributed by atoms with van der Waals surface area (Å²) in [5.41, 5.74) is 4.94. The van der Waals surface area contributed by atoms with Gasteiger partial charge in [-0.05, 0) is 30.2 Å². The van der Waals surface area contributed by atoms with Crippen molar-refractivity contribution >= 4 is 19.4 Å². The number of thiazole rings is 1. The van der Waals surface area contributed by atoms with E-state index in [1.165, 1.54) is 16.9 Å². The van der Waals surface area contributed by atoms with E-state index >= 15 is 0 Å². The number of hydrogen-bond acceptors (Lipinski definition) is 6. The van der Waals surface area contributed by atoms with Gasteiger partial charge in [0.05, 0.1) is 16.1 Å². The third-order valence-corrected chi connectivity index (χ3v) is 7.09. The second-order valence-electron chi connectivity index (χ2n) is 8.19. The van der Waals surface area contributed by atoms with E-state index in [0.717, 1.165) is 28.8 Å². The highest BCUT2D eigenvalue weighted by molar-refractivity contribution is 7.09. The van der Waals surface area contributed by atoms with E-state index in [2.05, 4.69) is 29.6 Å². The number of imidazole rings is 1. The highest BCUT2D eigenvalue weighted by Gasteiger charge is 2.20. The van der Waals surface area contributed by atoms with Crippen LogP contribution in [0.25, 0.3) is 0 Å². The van der Waals surface area contributed by atoms with Crippen LogP contribution in [0.5, 0.6) is 0 Å². The van der Waals surface area contributed by atoms with E-state index in [1.807, 2.05) is 30.0 Å². The van der Waals surface area contributed by atoms with Crippen LogP contribution in [-0.4, -0.2) is 39.3 Å². The Labute approximate surface area is 171 Å². The number of aryl methyl sites for hydroxylation is 1. The van der Waals surface area contributed by atoms with Gasteiger partial charge < -0.3 is 14.4 Å². The smallest absolute Gasteiger partial charge is 0.147 e. The quantitative estimate of drug-likeness (QED) is 0.421. The Morgan fingerprint density at radius 1 is 1.25 bits per heavy atom. The van der Waals surface area contributed by atoms with E-state index in [0.29, 0.717) is 19.0 Å². The Hall–Kier alpha value is -1.87. The summed E-state index contributed by atoms with van der Waals surface area (Å²) in [5.74, 6) is 0.596. The maximum Gasteiger partial charge on any atom is 0.147 e. The van der Waals surface area contributed by atoms with Gasteiger partial charge in [0.15, 0.2) is 0 Å². The van der Waals surface area contributed by atoms with Gasteiger partial charge in [0, 0.05) is 45.9 Å². The summed E-state index contributed by atoms with van der Waals surface area (Å²) in [6.45, 7) is 10.2. The SMILES string of the molecule is Cc1cnccc1Cc1cn(COCC[Si](C)(C)C)c([C@@H](O)c2cncs2)n1. The Kier molecular flexibility index (Phi) is 6.76. The van der Waals surface area contributed by atoms with Crippen molar-refractivity contribution in [1.29, 1.82) is 0 Å². The van der Waals surface area contributed by atoms with E-state index in [4.69, 9.17) is 9.72 Å². The summed E-state index contributed by atoms with van der Waals surface area (Å²) in [4.78, 5) is 13.7. The first-order chi connectivity index (χ1) is 13.3. The number of rotatable bonds is 9. The van der Waals surface area contributed by atoms with Crippen molar-refractivity contribution in [3.8, 4) is 0 Å². The summed E-state index contributed by atoms with van der Waals surface area (Å²) < 4.78 is 7.83. The number of ether oxygens (including phenoxy) is 1. The second-order valence-corrected chi connectivity index (χ2v) is 14.7. The predicted octanol–water partition coefficient (Wildman–Crippen LogP) is 4.03. The number of aliphatic hydroxyl groups is 1. The lowest BCUT2D eigenvalue weighted by atomic mass is 10.1. The molecule has 0 aliphatic heterocycles. The van der Waals surface area contributed by atoms with Gasteiger partial charge in [0.25, 0.3) is 0 Å². The highest BCUT2D eigenvalue weighted by Crippen LogP contribution is 2.25. The fraction of sp³-hybridized carbons (Fsp3) is 0.450. The van der Waals surface area contributed by atoms with Crippen LogP contribution >= 0.6 is 11.3 Å². The molecule has 3 aromatic heterocycles. The van der Waals surface area contributed by atoms with Crippen LogP contribution in [0.3, 0.4) is 0 Å². The number of nitrogens with zero attached hydrogens (tertiary/aromatic N) is 4. The predicted molar refractivity (Wildman–Crippen MR) is 114 cm³/mol. The van der Waals surface area contributed by atoms with Gasteiger partial charge in [0.2, 0.25) is 0 Å². The third-order valence-electron chi connectivity index (χ3n) is 4.56. The van der Waals surface area contributed by atoms with Crippen LogP contribution in [0.4, 0.5) is 0 Å². The standard InChI is InChI=1S/C20H28N4O2SSi/c1-15-10-21-6-5-16(15)9-17-12-24(14-26-7-8-28(2,3)4)20(23-17)19(25)18-11-22-13-27-18/h5-6,10-13,19,25H,7-9,14H2,1-4H3/t19-/m0/s1. The van der Waals surface area contributed by atoms with Gasteiger partial charge in [0.1, 0.15) is 18.7 Å². The molecule has 150 valence electrons. The molecule has 0 aliphatic carbocycles. The van der Waals surface area contributed by atoms with Gasteiger partial charge in [-0.25, -0.2) is 4.98 Å². The summed E-state index contributed by atoms with van der Waals surface area (Å²) in [6, 6.07) is 3.12.